The normalized spacial score (nSPS) is 16.3. The summed E-state index contributed by atoms with van der Waals surface area (Å²) in [6.45, 7) is 5.27. The molecule has 1 aliphatic heterocycles. The van der Waals surface area contributed by atoms with E-state index in [2.05, 4.69) is 46.1 Å². The zero-order valence-electron chi connectivity index (χ0n) is 18.0. The minimum atomic E-state index is -0.141. The number of unbranched alkanes of at least 4 members (excludes halogenated alkanes) is 3. The highest BCUT2D eigenvalue weighted by Gasteiger charge is 2.30. The summed E-state index contributed by atoms with van der Waals surface area (Å²) in [5.41, 5.74) is 2.30. The number of nitrogens with one attached hydrogen (secondary N) is 1. The Balaban J connectivity index is 1.46. The van der Waals surface area contributed by atoms with Crippen molar-refractivity contribution in [2.45, 2.75) is 51.7 Å². The molecule has 6 heteroatoms. The van der Waals surface area contributed by atoms with Gasteiger partial charge < -0.3 is 14.3 Å². The number of hydrogen-bond donors (Lipinski definition) is 1. The first kappa shape index (κ1) is 21.7. The lowest BCUT2D eigenvalue weighted by Crippen LogP contribution is -2.38. The summed E-state index contributed by atoms with van der Waals surface area (Å²) in [5.74, 6) is 1.02. The topological polar surface area (TPSA) is 50.4 Å². The smallest absolute Gasteiger partial charge is 0.286 e. The molecule has 31 heavy (non-hydrogen) atoms. The SMILES string of the molecule is CCCCCCNC(=O)c1ccc(CN2CCn3cccc3C2c2ccccc2Cl)o1. The number of carbonyl (C=O) groups excluding carboxylic acids is 1. The largest absolute Gasteiger partial charge is 0.455 e. The Kier molecular flexibility index (Phi) is 7.15. The molecule has 3 heterocycles. The van der Waals surface area contributed by atoms with Crippen LogP contribution in [0.4, 0.5) is 0 Å². The standard InChI is InChI=1S/C25H30ClN3O2/c1-2-3-4-7-14-27-25(30)23-13-12-19(31-23)18-29-17-16-28-15-8-11-22(28)24(29)20-9-5-6-10-21(20)26/h5-6,8-13,15,24H,2-4,7,14,16-18H2,1H3,(H,27,30). The average molecular weight is 440 g/mol. The van der Waals surface area contributed by atoms with Crippen LogP contribution >= 0.6 is 11.6 Å². The van der Waals surface area contributed by atoms with Crippen molar-refractivity contribution in [2.24, 2.45) is 0 Å². The van der Waals surface area contributed by atoms with Gasteiger partial charge in [-0.3, -0.25) is 9.69 Å². The van der Waals surface area contributed by atoms with Gasteiger partial charge in [-0.25, -0.2) is 0 Å². The van der Waals surface area contributed by atoms with Gasteiger partial charge >= 0.3 is 0 Å². The van der Waals surface area contributed by atoms with Crippen LogP contribution < -0.4 is 5.32 Å². The summed E-state index contributed by atoms with van der Waals surface area (Å²) in [7, 11) is 0. The van der Waals surface area contributed by atoms with Crippen LogP contribution in [0.15, 0.2) is 59.1 Å². The van der Waals surface area contributed by atoms with Gasteiger partial charge in [0.2, 0.25) is 0 Å². The van der Waals surface area contributed by atoms with Crippen molar-refractivity contribution >= 4 is 17.5 Å². The molecule has 1 atom stereocenters. The van der Waals surface area contributed by atoms with Crippen molar-refractivity contribution in [1.82, 2.24) is 14.8 Å². The van der Waals surface area contributed by atoms with Crippen LogP contribution in [0, 0.1) is 0 Å². The van der Waals surface area contributed by atoms with Crippen molar-refractivity contribution < 1.29 is 9.21 Å². The maximum Gasteiger partial charge on any atom is 0.286 e. The zero-order valence-corrected chi connectivity index (χ0v) is 18.8. The van der Waals surface area contributed by atoms with Gasteiger partial charge in [-0.2, -0.15) is 0 Å². The molecule has 1 N–H and O–H groups in total. The number of rotatable bonds is 9. The molecule has 1 aliphatic rings. The Morgan fingerprint density at radius 3 is 2.81 bits per heavy atom. The van der Waals surface area contributed by atoms with Crippen molar-refractivity contribution in [1.29, 1.82) is 0 Å². The molecule has 3 aromatic rings. The van der Waals surface area contributed by atoms with Crippen molar-refractivity contribution in [2.75, 3.05) is 13.1 Å². The molecule has 5 nitrogen and oxygen atoms in total. The molecule has 0 fully saturated rings. The Labute approximate surface area is 189 Å². The van der Waals surface area contributed by atoms with Gasteiger partial charge in [-0.05, 0) is 42.3 Å². The maximum atomic E-state index is 12.4. The third-order valence-corrected chi connectivity index (χ3v) is 6.24. The van der Waals surface area contributed by atoms with Crippen molar-refractivity contribution in [3.8, 4) is 0 Å². The van der Waals surface area contributed by atoms with E-state index in [0.29, 0.717) is 18.8 Å². The third-order valence-electron chi connectivity index (χ3n) is 5.90. The van der Waals surface area contributed by atoms with Gasteiger partial charge in [0.05, 0.1) is 12.6 Å². The second-order valence-electron chi connectivity index (χ2n) is 8.10. The molecule has 0 bridgehead atoms. The Hall–Kier alpha value is -2.50. The molecule has 164 valence electrons. The number of benzene rings is 1. The first-order valence-electron chi connectivity index (χ1n) is 11.2. The van der Waals surface area contributed by atoms with Gasteiger partial charge in [-0.1, -0.05) is 56.0 Å². The number of aromatic nitrogens is 1. The summed E-state index contributed by atoms with van der Waals surface area (Å²) < 4.78 is 8.20. The fraction of sp³-hybridized carbons (Fsp3) is 0.400. The number of halogens is 1. The quantitative estimate of drug-likeness (QED) is 0.438. The molecule has 0 aliphatic carbocycles. The highest BCUT2D eigenvalue weighted by atomic mass is 35.5. The fourth-order valence-electron chi connectivity index (χ4n) is 4.28. The second-order valence-corrected chi connectivity index (χ2v) is 8.51. The summed E-state index contributed by atoms with van der Waals surface area (Å²) >= 11 is 6.57. The molecule has 4 rings (SSSR count). The van der Waals surface area contributed by atoms with Crippen LogP contribution in [0.5, 0.6) is 0 Å². The zero-order chi connectivity index (χ0) is 21.6. The Morgan fingerprint density at radius 2 is 1.97 bits per heavy atom. The number of furan rings is 1. The number of fused-ring (bicyclic) bond motifs is 1. The van der Waals surface area contributed by atoms with Gasteiger partial charge in [0.1, 0.15) is 5.76 Å². The predicted molar refractivity (Wildman–Crippen MR) is 123 cm³/mol. The highest BCUT2D eigenvalue weighted by Crippen LogP contribution is 2.36. The first-order valence-corrected chi connectivity index (χ1v) is 11.6. The Bertz CT molecular complexity index is 1010. The van der Waals surface area contributed by atoms with E-state index in [-0.39, 0.29) is 11.9 Å². The summed E-state index contributed by atoms with van der Waals surface area (Å²) in [6, 6.07) is 16.0. The van der Waals surface area contributed by atoms with Crippen LogP contribution in [-0.2, 0) is 13.1 Å². The fourth-order valence-corrected chi connectivity index (χ4v) is 4.52. The van der Waals surface area contributed by atoms with E-state index in [1.165, 1.54) is 18.5 Å². The van der Waals surface area contributed by atoms with E-state index in [4.69, 9.17) is 16.0 Å². The number of hydrogen-bond acceptors (Lipinski definition) is 3. The molecular weight excluding hydrogens is 410 g/mol. The van der Waals surface area contributed by atoms with Crippen LogP contribution in [0.1, 0.15) is 66.2 Å². The molecule has 1 aromatic carbocycles. The van der Waals surface area contributed by atoms with E-state index in [1.807, 2.05) is 24.3 Å². The third kappa shape index (κ3) is 5.05. The van der Waals surface area contributed by atoms with Gasteiger partial charge in [-0.15, -0.1) is 0 Å². The Morgan fingerprint density at radius 1 is 1.10 bits per heavy atom. The second kappa shape index (κ2) is 10.2. The molecule has 2 aromatic heterocycles. The van der Waals surface area contributed by atoms with E-state index in [1.54, 1.807) is 6.07 Å². The lowest BCUT2D eigenvalue weighted by molar-refractivity contribution is 0.0918. The van der Waals surface area contributed by atoms with Gasteiger partial charge in [0, 0.05) is 36.5 Å². The molecular formula is C25H30ClN3O2. The number of carbonyl (C=O) groups is 1. The highest BCUT2D eigenvalue weighted by molar-refractivity contribution is 6.31. The minimum Gasteiger partial charge on any atom is -0.455 e. The van der Waals surface area contributed by atoms with E-state index < -0.39 is 0 Å². The van der Waals surface area contributed by atoms with E-state index in [0.717, 1.165) is 42.3 Å². The van der Waals surface area contributed by atoms with E-state index >= 15 is 0 Å². The summed E-state index contributed by atoms with van der Waals surface area (Å²) in [5, 5.41) is 3.72. The van der Waals surface area contributed by atoms with Gasteiger partial charge in [0.25, 0.3) is 5.91 Å². The van der Waals surface area contributed by atoms with E-state index in [9.17, 15) is 4.79 Å². The molecule has 1 amide bonds. The van der Waals surface area contributed by atoms with Crippen LogP contribution in [0.2, 0.25) is 5.02 Å². The lowest BCUT2D eigenvalue weighted by atomic mass is 9.99. The molecule has 0 radical (unpaired) electrons. The molecule has 0 saturated heterocycles. The lowest BCUT2D eigenvalue weighted by Gasteiger charge is -2.37. The first-order chi connectivity index (χ1) is 15.2. The van der Waals surface area contributed by atoms with Crippen LogP contribution in [0.3, 0.4) is 0 Å². The summed E-state index contributed by atoms with van der Waals surface area (Å²) in [6.07, 6.45) is 6.64. The minimum absolute atomic E-state index is 0.0402. The van der Waals surface area contributed by atoms with Crippen molar-refractivity contribution in [3.63, 3.8) is 0 Å². The predicted octanol–water partition coefficient (Wildman–Crippen LogP) is 5.65. The monoisotopic (exact) mass is 439 g/mol. The maximum absolute atomic E-state index is 12.4. The summed E-state index contributed by atoms with van der Waals surface area (Å²) in [4.78, 5) is 14.8. The molecule has 1 unspecified atom stereocenters. The van der Waals surface area contributed by atoms with Crippen LogP contribution in [-0.4, -0.2) is 28.5 Å². The number of amides is 1. The number of nitrogens with zero attached hydrogens (tertiary/aromatic N) is 2. The molecule has 0 spiro atoms. The van der Waals surface area contributed by atoms with Crippen molar-refractivity contribution in [3.05, 3.63) is 82.5 Å². The van der Waals surface area contributed by atoms with Crippen LogP contribution in [0.25, 0.3) is 0 Å². The van der Waals surface area contributed by atoms with Gasteiger partial charge in [0.15, 0.2) is 5.76 Å². The molecule has 0 saturated carbocycles. The average Bonchev–Trinajstić information content (AvgIpc) is 3.44.